The van der Waals surface area contributed by atoms with Crippen LogP contribution in [0.15, 0.2) is 0 Å². The number of carboxylic acid groups (broad SMARTS) is 1. The topological polar surface area (TPSA) is 76.0 Å². The van der Waals surface area contributed by atoms with Gasteiger partial charge in [0, 0.05) is 39.3 Å². The Labute approximate surface area is 89.5 Å². The molecule has 1 fully saturated rings. The van der Waals surface area contributed by atoms with Gasteiger partial charge in [-0.15, -0.1) is 0 Å². The molecule has 1 aliphatic heterocycles. The van der Waals surface area contributed by atoms with E-state index in [-0.39, 0.29) is 6.54 Å². The minimum atomic E-state index is -1.09. The van der Waals surface area contributed by atoms with Crippen LogP contribution in [0.5, 0.6) is 0 Å². The average Bonchev–Trinajstić information content (AvgIpc) is 2.19. The zero-order valence-corrected chi connectivity index (χ0v) is 9.02. The number of nitrogens with zero attached hydrogens (tertiary/aromatic N) is 2. The van der Waals surface area contributed by atoms with Crippen molar-refractivity contribution in [2.45, 2.75) is 6.10 Å². The molecule has 3 N–H and O–H groups in total. The number of nitrogens with one attached hydrogen (secondary N) is 1. The highest BCUT2D eigenvalue weighted by molar-refractivity contribution is 5.64. The Morgan fingerprint density at radius 2 is 2.00 bits per heavy atom. The Hall–Kier alpha value is -0.850. The molecule has 0 aromatic rings. The molecule has 1 atom stereocenters. The first-order valence-electron chi connectivity index (χ1n) is 5.13. The maximum atomic E-state index is 10.2. The molecule has 1 rings (SSSR count). The van der Waals surface area contributed by atoms with Crippen LogP contribution in [-0.4, -0.2) is 78.5 Å². The molecule has 0 unspecified atom stereocenters. The summed E-state index contributed by atoms with van der Waals surface area (Å²) in [5.41, 5.74) is 0. The van der Waals surface area contributed by atoms with Crippen LogP contribution in [0.3, 0.4) is 0 Å². The number of likely N-dealkylation sites (N-methyl/N-ethyl adjacent to an activating group) is 1. The first-order chi connectivity index (χ1) is 7.08. The van der Waals surface area contributed by atoms with Crippen molar-refractivity contribution in [2.75, 3.05) is 46.3 Å². The molecule has 1 saturated heterocycles. The van der Waals surface area contributed by atoms with Crippen LogP contribution in [0.25, 0.3) is 0 Å². The monoisotopic (exact) mass is 217 g/mol. The molecule has 1 aliphatic rings. The van der Waals surface area contributed by atoms with Gasteiger partial charge in [-0.1, -0.05) is 0 Å². The lowest BCUT2D eigenvalue weighted by Crippen LogP contribution is -2.48. The lowest BCUT2D eigenvalue weighted by molar-refractivity contribution is 0.0796. The molecule has 0 bridgehead atoms. The normalized spacial score (nSPS) is 21.2. The predicted molar refractivity (Wildman–Crippen MR) is 56.0 cm³/mol. The van der Waals surface area contributed by atoms with Gasteiger partial charge in [0.05, 0.1) is 6.10 Å². The van der Waals surface area contributed by atoms with E-state index in [1.807, 2.05) is 0 Å². The molecule has 0 saturated carbocycles. The number of carbonyl (C=O) groups is 1. The van der Waals surface area contributed by atoms with Crippen molar-refractivity contribution in [1.82, 2.24) is 15.1 Å². The maximum Gasteiger partial charge on any atom is 0.404 e. The highest BCUT2D eigenvalue weighted by Crippen LogP contribution is 1.99. The van der Waals surface area contributed by atoms with Gasteiger partial charge in [0.2, 0.25) is 0 Å². The van der Waals surface area contributed by atoms with Gasteiger partial charge in [0.1, 0.15) is 0 Å². The van der Waals surface area contributed by atoms with Crippen molar-refractivity contribution in [3.63, 3.8) is 0 Å². The van der Waals surface area contributed by atoms with Crippen LogP contribution in [0, 0.1) is 0 Å². The van der Waals surface area contributed by atoms with Gasteiger partial charge in [0.25, 0.3) is 0 Å². The summed E-state index contributed by atoms with van der Waals surface area (Å²) in [4.78, 5) is 14.6. The van der Waals surface area contributed by atoms with Crippen molar-refractivity contribution in [1.29, 1.82) is 0 Å². The third-order valence-corrected chi connectivity index (χ3v) is 2.55. The van der Waals surface area contributed by atoms with E-state index in [1.165, 1.54) is 0 Å². The third kappa shape index (κ3) is 4.96. The van der Waals surface area contributed by atoms with Gasteiger partial charge in [-0.2, -0.15) is 0 Å². The highest BCUT2D eigenvalue weighted by Gasteiger charge is 2.16. The molecule has 1 amide bonds. The predicted octanol–water partition coefficient (Wildman–Crippen LogP) is -1.14. The highest BCUT2D eigenvalue weighted by atomic mass is 16.4. The average molecular weight is 217 g/mol. The van der Waals surface area contributed by atoms with Crippen molar-refractivity contribution in [3.8, 4) is 0 Å². The van der Waals surface area contributed by atoms with Crippen LogP contribution >= 0.6 is 0 Å². The zero-order chi connectivity index (χ0) is 11.3. The third-order valence-electron chi connectivity index (χ3n) is 2.55. The Morgan fingerprint density at radius 1 is 1.40 bits per heavy atom. The molecular formula is C9H19N3O3. The number of piperazine rings is 1. The van der Waals surface area contributed by atoms with Crippen molar-refractivity contribution < 1.29 is 15.0 Å². The summed E-state index contributed by atoms with van der Waals surface area (Å²) in [6.07, 6.45) is -1.71. The van der Waals surface area contributed by atoms with Gasteiger partial charge in [-0.25, -0.2) is 4.79 Å². The molecule has 0 aromatic carbocycles. The fourth-order valence-electron chi connectivity index (χ4n) is 1.60. The summed E-state index contributed by atoms with van der Waals surface area (Å²) in [6, 6.07) is 0. The van der Waals surface area contributed by atoms with E-state index in [9.17, 15) is 9.90 Å². The molecule has 0 aromatic heterocycles. The van der Waals surface area contributed by atoms with Crippen LogP contribution in [0.2, 0.25) is 0 Å². The zero-order valence-electron chi connectivity index (χ0n) is 9.02. The summed E-state index contributed by atoms with van der Waals surface area (Å²) in [5, 5.41) is 20.1. The number of aliphatic hydroxyl groups is 1. The lowest BCUT2D eigenvalue weighted by Gasteiger charge is -2.33. The summed E-state index contributed by atoms with van der Waals surface area (Å²) in [7, 11) is 2.07. The van der Waals surface area contributed by atoms with E-state index in [0.29, 0.717) is 6.54 Å². The Kier molecular flexibility index (Phi) is 4.80. The molecule has 0 radical (unpaired) electrons. The number of hydrogen-bond acceptors (Lipinski definition) is 4. The maximum absolute atomic E-state index is 10.2. The van der Waals surface area contributed by atoms with Crippen molar-refractivity contribution >= 4 is 6.09 Å². The second kappa shape index (κ2) is 5.89. The van der Waals surface area contributed by atoms with Crippen molar-refractivity contribution in [3.05, 3.63) is 0 Å². The largest absolute Gasteiger partial charge is 0.465 e. The van der Waals surface area contributed by atoms with Crippen molar-refractivity contribution in [2.24, 2.45) is 0 Å². The minimum absolute atomic E-state index is 0.0989. The Balaban J connectivity index is 2.14. The minimum Gasteiger partial charge on any atom is -0.465 e. The van der Waals surface area contributed by atoms with Crippen LogP contribution < -0.4 is 5.32 Å². The fourth-order valence-corrected chi connectivity index (χ4v) is 1.60. The number of β-amino-alcohol motifs (C(OH)–C–C–N with tert-alkyl or cyclic N) is 1. The van der Waals surface area contributed by atoms with E-state index in [2.05, 4.69) is 22.2 Å². The molecule has 1 heterocycles. The van der Waals surface area contributed by atoms with E-state index in [4.69, 9.17) is 5.11 Å². The SMILES string of the molecule is CN1CCN(C[C@H](O)CNC(=O)O)CC1. The number of aliphatic hydroxyl groups excluding tert-OH is 1. The number of rotatable bonds is 4. The first kappa shape index (κ1) is 12.2. The van der Waals surface area contributed by atoms with Crippen LogP contribution in [0.1, 0.15) is 0 Å². The summed E-state index contributed by atoms with van der Waals surface area (Å²) < 4.78 is 0. The summed E-state index contributed by atoms with van der Waals surface area (Å²) in [5.74, 6) is 0. The van der Waals surface area contributed by atoms with Crippen LogP contribution in [-0.2, 0) is 0 Å². The standard InChI is InChI=1S/C9H19N3O3/c1-11-2-4-12(5-3-11)7-8(13)6-10-9(14)15/h8,10,13H,2-7H2,1H3,(H,14,15)/t8-/m1/s1. The Morgan fingerprint density at radius 3 is 2.53 bits per heavy atom. The molecule has 6 heteroatoms. The Bertz CT molecular complexity index is 205. The second-order valence-electron chi connectivity index (χ2n) is 3.94. The second-order valence-corrected chi connectivity index (χ2v) is 3.94. The number of amides is 1. The number of hydrogen-bond donors (Lipinski definition) is 3. The van der Waals surface area contributed by atoms with E-state index < -0.39 is 12.2 Å². The molecule has 6 nitrogen and oxygen atoms in total. The molecule has 0 spiro atoms. The summed E-state index contributed by atoms with van der Waals surface area (Å²) >= 11 is 0. The fraction of sp³-hybridized carbons (Fsp3) is 0.889. The first-order valence-corrected chi connectivity index (χ1v) is 5.13. The van der Waals surface area contributed by atoms with E-state index in [0.717, 1.165) is 26.2 Å². The molecule has 0 aliphatic carbocycles. The lowest BCUT2D eigenvalue weighted by atomic mass is 10.2. The summed E-state index contributed by atoms with van der Waals surface area (Å²) in [6.45, 7) is 4.50. The smallest absolute Gasteiger partial charge is 0.404 e. The van der Waals surface area contributed by atoms with E-state index in [1.54, 1.807) is 0 Å². The molecule has 15 heavy (non-hydrogen) atoms. The quantitative estimate of drug-likeness (QED) is 0.555. The van der Waals surface area contributed by atoms with E-state index >= 15 is 0 Å². The van der Waals surface area contributed by atoms with Crippen LogP contribution in [0.4, 0.5) is 4.79 Å². The van der Waals surface area contributed by atoms with Gasteiger partial charge in [-0.05, 0) is 7.05 Å². The van der Waals surface area contributed by atoms with Gasteiger partial charge in [0.15, 0.2) is 0 Å². The van der Waals surface area contributed by atoms with Gasteiger partial charge < -0.3 is 20.4 Å². The van der Waals surface area contributed by atoms with Gasteiger partial charge >= 0.3 is 6.09 Å². The molecular weight excluding hydrogens is 198 g/mol. The van der Waals surface area contributed by atoms with Gasteiger partial charge in [-0.3, -0.25) is 4.90 Å². The molecule has 88 valence electrons.